The van der Waals surface area contributed by atoms with Crippen LogP contribution in [0.1, 0.15) is 5.56 Å². The first-order valence-corrected chi connectivity index (χ1v) is 9.03. The Hall–Kier alpha value is -2.35. The third-order valence-corrected chi connectivity index (χ3v) is 5.03. The Balaban J connectivity index is 1.85. The summed E-state index contributed by atoms with van der Waals surface area (Å²) in [6.07, 6.45) is 1.68. The smallest absolute Gasteiger partial charge is 0.341 e. The van der Waals surface area contributed by atoms with E-state index in [1.165, 1.54) is 16.7 Å². The van der Waals surface area contributed by atoms with Gasteiger partial charge >= 0.3 is 5.97 Å². The predicted molar refractivity (Wildman–Crippen MR) is 107 cm³/mol. The van der Waals surface area contributed by atoms with Gasteiger partial charge in [0.15, 0.2) is 10.9 Å². The monoisotopic (exact) mass is 405 g/mol. The lowest BCUT2D eigenvalue weighted by Crippen LogP contribution is -2.27. The number of hydrogen-bond acceptors (Lipinski definition) is 5. The highest BCUT2D eigenvalue weighted by molar-refractivity contribution is 8.27. The highest BCUT2D eigenvalue weighted by Crippen LogP contribution is 2.38. The van der Waals surface area contributed by atoms with Crippen molar-refractivity contribution in [2.24, 2.45) is 0 Å². The maximum absolute atomic E-state index is 12.8. The molecule has 5 nitrogen and oxygen atoms in total. The van der Waals surface area contributed by atoms with Crippen LogP contribution >= 0.6 is 35.6 Å². The number of carboxylic acids is 1. The normalized spacial score (nSPS) is 15.6. The molecule has 8 heteroatoms. The van der Waals surface area contributed by atoms with Crippen molar-refractivity contribution in [2.75, 3.05) is 11.5 Å². The molecule has 1 saturated heterocycles. The molecule has 1 amide bonds. The van der Waals surface area contributed by atoms with Crippen molar-refractivity contribution < 1.29 is 19.4 Å². The molecule has 2 aromatic carbocycles. The molecule has 0 spiro atoms. The van der Waals surface area contributed by atoms with E-state index in [2.05, 4.69) is 0 Å². The first-order valence-electron chi connectivity index (χ1n) is 7.43. The summed E-state index contributed by atoms with van der Waals surface area (Å²) in [5.74, 6) is -0.913. The molecule has 1 N–H and O–H groups in total. The fraction of sp³-hybridized carbons (Fsp3) is 0.0556. The minimum absolute atomic E-state index is 0.259. The summed E-state index contributed by atoms with van der Waals surface area (Å²) < 4.78 is 5.55. The summed E-state index contributed by atoms with van der Waals surface area (Å²) in [7, 11) is 0. The molecular formula is C18H12ClNO4S2. The number of carboxylic acid groups (broad SMARTS) is 1. The number of rotatable bonds is 5. The number of amides is 1. The first kappa shape index (κ1) is 18.4. The van der Waals surface area contributed by atoms with Crippen LogP contribution in [0.5, 0.6) is 5.75 Å². The van der Waals surface area contributed by atoms with Gasteiger partial charge in [0.2, 0.25) is 0 Å². The van der Waals surface area contributed by atoms with E-state index >= 15 is 0 Å². The van der Waals surface area contributed by atoms with E-state index in [1.54, 1.807) is 54.6 Å². The molecule has 0 aliphatic carbocycles. The van der Waals surface area contributed by atoms with E-state index in [0.717, 1.165) is 0 Å². The van der Waals surface area contributed by atoms with Crippen molar-refractivity contribution in [3.63, 3.8) is 0 Å². The van der Waals surface area contributed by atoms with Gasteiger partial charge in [-0.1, -0.05) is 59.8 Å². The number of anilines is 1. The fourth-order valence-electron chi connectivity index (χ4n) is 2.30. The van der Waals surface area contributed by atoms with Gasteiger partial charge in [-0.05, 0) is 35.9 Å². The number of thiocarbonyl (C=S) groups is 1. The van der Waals surface area contributed by atoms with Gasteiger partial charge in [0, 0.05) is 0 Å². The second-order valence-corrected chi connectivity index (χ2v) is 7.31. The molecule has 0 aromatic heterocycles. The summed E-state index contributed by atoms with van der Waals surface area (Å²) in [5.41, 5.74) is 1.24. The van der Waals surface area contributed by atoms with Crippen LogP contribution in [0, 0.1) is 0 Å². The standard InChI is InChI=1S/C18H12ClNO4S2/c19-13-6-1-2-7-14(13)20-17(23)15(26-18(20)25)9-11-4-3-5-12(8-11)24-10-16(21)22/h1-9H,10H2,(H,21,22)/b15-9+. The summed E-state index contributed by atoms with van der Waals surface area (Å²) in [4.78, 5) is 25.2. The molecule has 0 bridgehead atoms. The lowest BCUT2D eigenvalue weighted by atomic mass is 10.2. The molecule has 1 fully saturated rings. The van der Waals surface area contributed by atoms with Crippen LogP contribution < -0.4 is 9.64 Å². The van der Waals surface area contributed by atoms with E-state index in [1.807, 2.05) is 0 Å². The Morgan fingerprint density at radius 2 is 2.04 bits per heavy atom. The minimum atomic E-state index is -1.06. The quantitative estimate of drug-likeness (QED) is 0.593. The molecule has 132 valence electrons. The molecular weight excluding hydrogens is 394 g/mol. The number of aliphatic carboxylic acids is 1. The molecule has 0 radical (unpaired) electrons. The van der Waals surface area contributed by atoms with Crippen LogP contribution in [-0.2, 0) is 9.59 Å². The number of halogens is 1. The second kappa shape index (κ2) is 7.90. The third-order valence-electron chi connectivity index (χ3n) is 3.41. The van der Waals surface area contributed by atoms with Crippen molar-refractivity contribution in [1.82, 2.24) is 0 Å². The highest BCUT2D eigenvalue weighted by Gasteiger charge is 2.34. The van der Waals surface area contributed by atoms with E-state index in [9.17, 15) is 9.59 Å². The largest absolute Gasteiger partial charge is 0.482 e. The zero-order valence-electron chi connectivity index (χ0n) is 13.2. The average Bonchev–Trinajstić information content (AvgIpc) is 2.88. The topological polar surface area (TPSA) is 66.8 Å². The number of ether oxygens (including phenoxy) is 1. The van der Waals surface area contributed by atoms with E-state index < -0.39 is 12.6 Å². The van der Waals surface area contributed by atoms with Crippen molar-refractivity contribution in [3.8, 4) is 5.75 Å². The van der Waals surface area contributed by atoms with E-state index in [0.29, 0.717) is 31.2 Å². The van der Waals surface area contributed by atoms with Crippen molar-refractivity contribution in [2.45, 2.75) is 0 Å². The Morgan fingerprint density at radius 1 is 1.27 bits per heavy atom. The lowest BCUT2D eigenvalue weighted by Gasteiger charge is -2.15. The zero-order valence-corrected chi connectivity index (χ0v) is 15.6. The van der Waals surface area contributed by atoms with Gasteiger partial charge in [-0.25, -0.2) is 4.79 Å². The van der Waals surface area contributed by atoms with Gasteiger partial charge < -0.3 is 9.84 Å². The number of hydrogen-bond donors (Lipinski definition) is 1. The summed E-state index contributed by atoms with van der Waals surface area (Å²) >= 11 is 12.7. The summed E-state index contributed by atoms with van der Waals surface area (Å²) in [6, 6.07) is 13.8. The van der Waals surface area contributed by atoms with Crippen LogP contribution in [0.2, 0.25) is 5.02 Å². The maximum Gasteiger partial charge on any atom is 0.341 e. The van der Waals surface area contributed by atoms with Gasteiger partial charge in [0.1, 0.15) is 5.75 Å². The number of thioether (sulfide) groups is 1. The highest BCUT2D eigenvalue weighted by atomic mass is 35.5. The molecule has 3 rings (SSSR count). The number of benzene rings is 2. The molecule has 0 saturated carbocycles. The van der Waals surface area contributed by atoms with Crippen molar-refractivity contribution >= 4 is 63.5 Å². The van der Waals surface area contributed by atoms with E-state index in [4.69, 9.17) is 33.7 Å². The third kappa shape index (κ3) is 4.07. The van der Waals surface area contributed by atoms with Gasteiger partial charge in [0.25, 0.3) is 5.91 Å². The van der Waals surface area contributed by atoms with Gasteiger partial charge in [-0.15, -0.1) is 0 Å². The maximum atomic E-state index is 12.8. The number of carbonyl (C=O) groups excluding carboxylic acids is 1. The second-order valence-electron chi connectivity index (χ2n) is 5.22. The average molecular weight is 406 g/mol. The molecule has 26 heavy (non-hydrogen) atoms. The SMILES string of the molecule is O=C(O)COc1cccc(/C=C2/SC(=S)N(c3ccccc3Cl)C2=O)c1. The summed E-state index contributed by atoms with van der Waals surface area (Å²) in [6.45, 7) is -0.432. The molecule has 2 aromatic rings. The van der Waals surface area contributed by atoms with Gasteiger partial charge in [0.05, 0.1) is 15.6 Å². The minimum Gasteiger partial charge on any atom is -0.482 e. The van der Waals surface area contributed by atoms with Crippen LogP contribution in [0.4, 0.5) is 5.69 Å². The van der Waals surface area contributed by atoms with Gasteiger partial charge in [-0.2, -0.15) is 0 Å². The molecule has 1 heterocycles. The van der Waals surface area contributed by atoms with Crippen LogP contribution in [-0.4, -0.2) is 27.9 Å². The van der Waals surface area contributed by atoms with Crippen molar-refractivity contribution in [3.05, 3.63) is 64.0 Å². The first-order chi connectivity index (χ1) is 12.5. The van der Waals surface area contributed by atoms with Gasteiger partial charge in [-0.3, -0.25) is 9.69 Å². The molecule has 0 atom stereocenters. The Kier molecular flexibility index (Phi) is 5.61. The molecule has 1 aliphatic rings. The Labute approximate surface area is 164 Å². The summed E-state index contributed by atoms with van der Waals surface area (Å²) in [5, 5.41) is 9.12. The zero-order chi connectivity index (χ0) is 18.7. The van der Waals surface area contributed by atoms with Crippen LogP contribution in [0.15, 0.2) is 53.4 Å². The fourth-order valence-corrected chi connectivity index (χ4v) is 3.80. The molecule has 1 aliphatic heterocycles. The van der Waals surface area contributed by atoms with Crippen LogP contribution in [0.25, 0.3) is 6.08 Å². The predicted octanol–water partition coefficient (Wildman–Crippen LogP) is 4.21. The number of nitrogens with zero attached hydrogens (tertiary/aromatic N) is 1. The lowest BCUT2D eigenvalue weighted by molar-refractivity contribution is -0.139. The van der Waals surface area contributed by atoms with E-state index in [-0.39, 0.29) is 5.91 Å². The Bertz CT molecular complexity index is 929. The van der Waals surface area contributed by atoms with Crippen LogP contribution in [0.3, 0.4) is 0 Å². The number of carbonyl (C=O) groups is 2. The Morgan fingerprint density at radius 3 is 2.77 bits per heavy atom. The van der Waals surface area contributed by atoms with Crippen molar-refractivity contribution in [1.29, 1.82) is 0 Å². The number of para-hydroxylation sites is 1. The molecule has 0 unspecified atom stereocenters.